The number of rotatable bonds is 4. The van der Waals surface area contributed by atoms with Crippen LogP contribution in [0.5, 0.6) is 0 Å². The maximum absolute atomic E-state index is 12.8. The highest BCUT2D eigenvalue weighted by atomic mass is 16.2. The fourth-order valence-corrected chi connectivity index (χ4v) is 3.56. The highest BCUT2D eigenvalue weighted by molar-refractivity contribution is 6.09. The standard InChI is InChI=1S/C18H21N3O3/c1-18(13-6-5-11-3-2-4-12(11)9-13)16(23)21(17(24)20-18)10-15(22)19-14-7-8-14/h5-6,9,14H,2-4,7-8,10H2,1H3,(H,19,22)(H,20,24)/t18-/m1/s1. The lowest BCUT2D eigenvalue weighted by Gasteiger charge is -2.23. The van der Waals surface area contributed by atoms with Crippen molar-refractivity contribution in [1.82, 2.24) is 15.5 Å². The molecule has 1 aliphatic heterocycles. The molecular formula is C18H21N3O3. The maximum Gasteiger partial charge on any atom is 0.325 e. The second-order valence-corrected chi connectivity index (χ2v) is 7.13. The van der Waals surface area contributed by atoms with Gasteiger partial charge in [0.25, 0.3) is 5.91 Å². The second-order valence-electron chi connectivity index (χ2n) is 7.13. The number of amides is 4. The summed E-state index contributed by atoms with van der Waals surface area (Å²) in [4.78, 5) is 38.1. The zero-order chi connectivity index (χ0) is 16.9. The fraction of sp³-hybridized carbons (Fsp3) is 0.500. The van der Waals surface area contributed by atoms with Gasteiger partial charge in [0.15, 0.2) is 0 Å². The maximum atomic E-state index is 12.8. The molecule has 0 radical (unpaired) electrons. The smallest absolute Gasteiger partial charge is 0.325 e. The molecule has 0 unspecified atom stereocenters. The molecule has 6 heteroatoms. The van der Waals surface area contributed by atoms with Crippen LogP contribution in [0.4, 0.5) is 4.79 Å². The molecule has 6 nitrogen and oxygen atoms in total. The molecular weight excluding hydrogens is 306 g/mol. The third-order valence-corrected chi connectivity index (χ3v) is 5.19. The van der Waals surface area contributed by atoms with Gasteiger partial charge in [-0.25, -0.2) is 4.79 Å². The number of aryl methyl sites for hydroxylation is 2. The molecule has 1 atom stereocenters. The summed E-state index contributed by atoms with van der Waals surface area (Å²) in [5.74, 6) is -0.643. The Morgan fingerprint density at radius 3 is 2.79 bits per heavy atom. The summed E-state index contributed by atoms with van der Waals surface area (Å²) in [7, 11) is 0. The van der Waals surface area contributed by atoms with Crippen LogP contribution in [0, 0.1) is 0 Å². The van der Waals surface area contributed by atoms with Crippen LogP contribution in [0.25, 0.3) is 0 Å². The minimum absolute atomic E-state index is 0.210. The highest BCUT2D eigenvalue weighted by Gasteiger charge is 2.49. The quantitative estimate of drug-likeness (QED) is 0.816. The molecule has 3 aliphatic rings. The number of fused-ring (bicyclic) bond motifs is 1. The topological polar surface area (TPSA) is 78.5 Å². The van der Waals surface area contributed by atoms with Crippen LogP contribution >= 0.6 is 0 Å². The molecule has 1 aromatic carbocycles. The van der Waals surface area contributed by atoms with Crippen LogP contribution in [-0.4, -0.2) is 35.3 Å². The molecule has 1 aromatic rings. The molecule has 1 saturated carbocycles. The summed E-state index contributed by atoms with van der Waals surface area (Å²) in [5, 5.41) is 5.58. The van der Waals surface area contributed by atoms with Crippen molar-refractivity contribution in [2.24, 2.45) is 0 Å². The lowest BCUT2D eigenvalue weighted by molar-refractivity contribution is -0.134. The first-order chi connectivity index (χ1) is 11.5. The largest absolute Gasteiger partial charge is 0.352 e. The molecule has 2 aliphatic carbocycles. The van der Waals surface area contributed by atoms with E-state index < -0.39 is 11.6 Å². The van der Waals surface area contributed by atoms with Gasteiger partial charge in [0.1, 0.15) is 12.1 Å². The molecule has 2 N–H and O–H groups in total. The van der Waals surface area contributed by atoms with Crippen molar-refractivity contribution in [3.8, 4) is 0 Å². The summed E-state index contributed by atoms with van der Waals surface area (Å²) >= 11 is 0. The minimum atomic E-state index is -1.10. The van der Waals surface area contributed by atoms with Crippen molar-refractivity contribution in [2.45, 2.75) is 50.6 Å². The molecule has 0 spiro atoms. The molecule has 4 rings (SSSR count). The van der Waals surface area contributed by atoms with Gasteiger partial charge in [-0.05, 0) is 55.7 Å². The fourth-order valence-electron chi connectivity index (χ4n) is 3.56. The van der Waals surface area contributed by atoms with Gasteiger partial charge < -0.3 is 10.6 Å². The molecule has 1 heterocycles. The van der Waals surface area contributed by atoms with Crippen molar-refractivity contribution >= 4 is 17.8 Å². The zero-order valence-electron chi connectivity index (χ0n) is 13.7. The molecule has 1 saturated heterocycles. The number of nitrogens with one attached hydrogen (secondary N) is 2. The second kappa shape index (κ2) is 5.33. The Hall–Kier alpha value is -2.37. The van der Waals surface area contributed by atoms with Crippen molar-refractivity contribution in [1.29, 1.82) is 0 Å². The van der Waals surface area contributed by atoms with Gasteiger partial charge in [-0.1, -0.05) is 18.2 Å². The summed E-state index contributed by atoms with van der Waals surface area (Å²) in [6.45, 7) is 1.49. The molecule has 24 heavy (non-hydrogen) atoms. The van der Waals surface area contributed by atoms with Gasteiger partial charge in [-0.3, -0.25) is 14.5 Å². The number of urea groups is 1. The van der Waals surface area contributed by atoms with E-state index in [0.717, 1.165) is 42.6 Å². The van der Waals surface area contributed by atoms with Crippen molar-refractivity contribution in [2.75, 3.05) is 6.54 Å². The average molecular weight is 327 g/mol. The number of hydrogen-bond donors (Lipinski definition) is 2. The van der Waals surface area contributed by atoms with E-state index in [2.05, 4.69) is 10.6 Å². The summed E-state index contributed by atoms with van der Waals surface area (Å²) in [5.41, 5.74) is 2.25. The Balaban J connectivity index is 1.55. The van der Waals surface area contributed by atoms with E-state index in [1.54, 1.807) is 6.92 Å². The molecule has 2 fully saturated rings. The van der Waals surface area contributed by atoms with Gasteiger partial charge in [0.2, 0.25) is 5.91 Å². The van der Waals surface area contributed by atoms with E-state index in [1.807, 2.05) is 18.2 Å². The van der Waals surface area contributed by atoms with Crippen molar-refractivity contribution in [3.63, 3.8) is 0 Å². The molecule has 0 bridgehead atoms. The number of benzene rings is 1. The van der Waals surface area contributed by atoms with Gasteiger partial charge in [-0.2, -0.15) is 0 Å². The Morgan fingerprint density at radius 1 is 1.29 bits per heavy atom. The van der Waals surface area contributed by atoms with Crippen LogP contribution in [0.3, 0.4) is 0 Å². The minimum Gasteiger partial charge on any atom is -0.352 e. The van der Waals surface area contributed by atoms with Gasteiger partial charge in [-0.15, -0.1) is 0 Å². The summed E-state index contributed by atoms with van der Waals surface area (Å²) < 4.78 is 0. The average Bonchev–Trinajstić information content (AvgIpc) is 3.18. The first-order valence-electron chi connectivity index (χ1n) is 8.53. The lowest BCUT2D eigenvalue weighted by Crippen LogP contribution is -2.43. The van der Waals surface area contributed by atoms with Crippen molar-refractivity contribution < 1.29 is 14.4 Å². The molecule has 4 amide bonds. The molecule has 126 valence electrons. The number of imide groups is 1. The summed E-state index contributed by atoms with van der Waals surface area (Å²) in [6, 6.07) is 5.69. The van der Waals surface area contributed by atoms with E-state index in [9.17, 15) is 14.4 Å². The van der Waals surface area contributed by atoms with Gasteiger partial charge >= 0.3 is 6.03 Å². The van der Waals surface area contributed by atoms with E-state index in [1.165, 1.54) is 11.1 Å². The van der Waals surface area contributed by atoms with Crippen LogP contribution in [0.15, 0.2) is 18.2 Å². The zero-order valence-corrected chi connectivity index (χ0v) is 13.7. The van der Waals surface area contributed by atoms with Crippen LogP contribution < -0.4 is 10.6 Å². The number of carbonyl (C=O) groups excluding carboxylic acids is 3. The Kier molecular flexibility index (Phi) is 3.37. The summed E-state index contributed by atoms with van der Waals surface area (Å²) in [6.07, 6.45) is 5.15. The van der Waals surface area contributed by atoms with E-state index >= 15 is 0 Å². The predicted molar refractivity (Wildman–Crippen MR) is 87.2 cm³/mol. The normalized spacial score (nSPS) is 25.6. The number of hydrogen-bond acceptors (Lipinski definition) is 3. The van der Waals surface area contributed by atoms with Crippen LogP contribution in [0.1, 0.15) is 42.9 Å². The Morgan fingerprint density at radius 2 is 2.04 bits per heavy atom. The molecule has 0 aromatic heterocycles. The van der Waals surface area contributed by atoms with Gasteiger partial charge in [0, 0.05) is 6.04 Å². The number of nitrogens with zero attached hydrogens (tertiary/aromatic N) is 1. The van der Waals surface area contributed by atoms with Crippen molar-refractivity contribution in [3.05, 3.63) is 34.9 Å². The predicted octanol–water partition coefficient (Wildman–Crippen LogP) is 1.22. The monoisotopic (exact) mass is 327 g/mol. The van der Waals surface area contributed by atoms with Crippen LogP contribution in [0.2, 0.25) is 0 Å². The third kappa shape index (κ3) is 2.46. The first kappa shape index (κ1) is 15.2. The van der Waals surface area contributed by atoms with E-state index in [4.69, 9.17) is 0 Å². The van der Waals surface area contributed by atoms with E-state index in [0.29, 0.717) is 0 Å². The Labute approximate surface area is 140 Å². The van der Waals surface area contributed by atoms with E-state index in [-0.39, 0.29) is 24.4 Å². The SMILES string of the molecule is C[C@]1(c2ccc3c(c2)CCC3)NC(=O)N(CC(=O)NC2CC2)C1=O. The van der Waals surface area contributed by atoms with Gasteiger partial charge in [0.05, 0.1) is 0 Å². The number of carbonyl (C=O) groups is 3. The highest BCUT2D eigenvalue weighted by Crippen LogP contribution is 2.32. The first-order valence-corrected chi connectivity index (χ1v) is 8.53. The lowest BCUT2D eigenvalue weighted by atomic mass is 9.89. The third-order valence-electron chi connectivity index (χ3n) is 5.19. The van der Waals surface area contributed by atoms with Crippen LogP contribution in [-0.2, 0) is 28.0 Å². The Bertz CT molecular complexity index is 741.